The van der Waals surface area contributed by atoms with Crippen molar-refractivity contribution in [2.45, 2.75) is 38.3 Å². The molecule has 0 aromatic carbocycles. The van der Waals surface area contributed by atoms with Crippen LogP contribution in [-0.4, -0.2) is 24.7 Å². The number of rotatable bonds is 6. The minimum Gasteiger partial charge on any atom is -0.398 e. The smallest absolute Gasteiger partial charge is 0.0868 e. The molecule has 96 valence electrons. The van der Waals surface area contributed by atoms with Gasteiger partial charge in [0.05, 0.1) is 11.6 Å². The molecule has 0 aliphatic carbocycles. The molecule has 1 aromatic rings. The Morgan fingerprint density at radius 3 is 2.53 bits per heavy atom. The predicted octanol–water partition coefficient (Wildman–Crippen LogP) is 2.13. The molecular weight excluding hydrogens is 214 g/mol. The molecule has 3 N–H and O–H groups in total. The minimum absolute atomic E-state index is 0.0520. The number of anilines is 1. The second-order valence-electron chi connectivity index (χ2n) is 4.20. The first-order chi connectivity index (χ1) is 8.15. The van der Waals surface area contributed by atoms with E-state index in [1.165, 1.54) is 0 Å². The Kier molecular flexibility index (Phi) is 4.90. The van der Waals surface area contributed by atoms with Crippen molar-refractivity contribution in [3.8, 4) is 0 Å². The average molecular weight is 237 g/mol. The van der Waals surface area contributed by atoms with E-state index < -0.39 is 0 Å². The largest absolute Gasteiger partial charge is 0.398 e. The summed E-state index contributed by atoms with van der Waals surface area (Å²) in [5.41, 5.74) is 7.53. The van der Waals surface area contributed by atoms with Gasteiger partial charge in [-0.1, -0.05) is 13.8 Å². The SMILES string of the molecule is CCC(CC)(OC)C(NC)c1cnccc1N. The van der Waals surface area contributed by atoms with E-state index in [4.69, 9.17) is 10.5 Å². The van der Waals surface area contributed by atoms with Crippen LogP contribution in [0.4, 0.5) is 5.69 Å². The number of nitrogens with zero attached hydrogens (tertiary/aromatic N) is 1. The number of methoxy groups -OCH3 is 1. The summed E-state index contributed by atoms with van der Waals surface area (Å²) in [6.45, 7) is 4.26. The summed E-state index contributed by atoms with van der Waals surface area (Å²) < 4.78 is 5.75. The molecule has 0 bridgehead atoms. The van der Waals surface area contributed by atoms with Crippen molar-refractivity contribution in [2.75, 3.05) is 19.9 Å². The summed E-state index contributed by atoms with van der Waals surface area (Å²) in [4.78, 5) is 4.16. The van der Waals surface area contributed by atoms with Gasteiger partial charge < -0.3 is 15.8 Å². The average Bonchev–Trinajstić information content (AvgIpc) is 2.38. The molecule has 1 heterocycles. The molecule has 17 heavy (non-hydrogen) atoms. The Labute approximate surface area is 104 Å². The lowest BCUT2D eigenvalue weighted by atomic mass is 9.84. The molecule has 1 atom stereocenters. The van der Waals surface area contributed by atoms with Crippen LogP contribution in [0.25, 0.3) is 0 Å². The van der Waals surface area contributed by atoms with Gasteiger partial charge in [0.15, 0.2) is 0 Å². The van der Waals surface area contributed by atoms with Crippen LogP contribution < -0.4 is 11.1 Å². The first-order valence-corrected chi connectivity index (χ1v) is 6.07. The van der Waals surface area contributed by atoms with Crippen LogP contribution in [0.15, 0.2) is 18.5 Å². The van der Waals surface area contributed by atoms with Crippen LogP contribution in [0.1, 0.15) is 38.3 Å². The second kappa shape index (κ2) is 5.98. The van der Waals surface area contributed by atoms with Crippen molar-refractivity contribution < 1.29 is 4.74 Å². The number of nitrogen functional groups attached to an aromatic ring is 1. The van der Waals surface area contributed by atoms with E-state index in [9.17, 15) is 0 Å². The molecule has 1 unspecified atom stereocenters. The van der Waals surface area contributed by atoms with E-state index >= 15 is 0 Å². The topological polar surface area (TPSA) is 60.2 Å². The number of nitrogens with two attached hydrogens (primary N) is 1. The number of hydrogen-bond acceptors (Lipinski definition) is 4. The zero-order chi connectivity index (χ0) is 12.9. The summed E-state index contributed by atoms with van der Waals surface area (Å²) in [6.07, 6.45) is 5.35. The first-order valence-electron chi connectivity index (χ1n) is 6.07. The van der Waals surface area contributed by atoms with Gasteiger partial charge in [0.2, 0.25) is 0 Å². The molecule has 0 amide bonds. The Hall–Kier alpha value is -1.13. The molecule has 0 saturated carbocycles. The highest BCUT2D eigenvalue weighted by Crippen LogP contribution is 2.36. The van der Waals surface area contributed by atoms with E-state index in [0.29, 0.717) is 0 Å². The number of hydrogen-bond donors (Lipinski definition) is 2. The maximum atomic E-state index is 6.02. The zero-order valence-corrected chi connectivity index (χ0v) is 11.2. The molecule has 0 spiro atoms. The standard InChI is InChI=1S/C13H23N3O/c1-5-13(6-2,17-4)12(15-3)10-9-16-8-7-11(10)14/h7-9,12,15H,5-6H2,1-4H3,(H2,14,16). The highest BCUT2D eigenvalue weighted by molar-refractivity contribution is 5.47. The number of nitrogens with one attached hydrogen (secondary N) is 1. The Morgan fingerprint density at radius 2 is 2.12 bits per heavy atom. The van der Waals surface area contributed by atoms with E-state index in [0.717, 1.165) is 24.1 Å². The lowest BCUT2D eigenvalue weighted by molar-refractivity contribution is -0.0466. The maximum absolute atomic E-state index is 6.02. The first kappa shape index (κ1) is 13.9. The fourth-order valence-corrected chi connectivity index (χ4v) is 2.43. The number of pyridine rings is 1. The van der Waals surface area contributed by atoms with Gasteiger partial charge in [-0.05, 0) is 26.0 Å². The van der Waals surface area contributed by atoms with Crippen molar-refractivity contribution in [2.24, 2.45) is 0 Å². The van der Waals surface area contributed by atoms with Gasteiger partial charge in [0.25, 0.3) is 0 Å². The molecule has 0 aliphatic heterocycles. The zero-order valence-electron chi connectivity index (χ0n) is 11.2. The molecule has 4 nitrogen and oxygen atoms in total. The number of ether oxygens (including phenoxy) is 1. The summed E-state index contributed by atoms with van der Waals surface area (Å²) in [6, 6.07) is 1.88. The fraction of sp³-hybridized carbons (Fsp3) is 0.615. The van der Waals surface area contributed by atoms with E-state index in [1.807, 2.05) is 19.3 Å². The predicted molar refractivity (Wildman–Crippen MR) is 70.8 cm³/mol. The molecule has 0 saturated heterocycles. The van der Waals surface area contributed by atoms with Gasteiger partial charge in [-0.15, -0.1) is 0 Å². The van der Waals surface area contributed by atoms with Gasteiger partial charge in [-0.2, -0.15) is 0 Å². The third kappa shape index (κ3) is 2.58. The van der Waals surface area contributed by atoms with Gasteiger partial charge in [0.1, 0.15) is 0 Å². The van der Waals surface area contributed by atoms with Crippen LogP contribution in [0.3, 0.4) is 0 Å². The Balaban J connectivity index is 3.18. The van der Waals surface area contributed by atoms with Crippen molar-refractivity contribution in [3.63, 3.8) is 0 Å². The molecular formula is C13H23N3O. The third-order valence-electron chi connectivity index (χ3n) is 3.62. The lowest BCUT2D eigenvalue weighted by Gasteiger charge is -2.38. The van der Waals surface area contributed by atoms with Gasteiger partial charge in [-0.25, -0.2) is 0 Å². The quantitative estimate of drug-likeness (QED) is 0.795. The maximum Gasteiger partial charge on any atom is 0.0868 e. The van der Waals surface area contributed by atoms with E-state index in [1.54, 1.807) is 13.3 Å². The molecule has 0 aliphatic rings. The van der Waals surface area contributed by atoms with Crippen molar-refractivity contribution in [1.82, 2.24) is 10.3 Å². The Bertz CT molecular complexity index is 342. The van der Waals surface area contributed by atoms with Gasteiger partial charge >= 0.3 is 0 Å². The van der Waals surface area contributed by atoms with Crippen LogP contribution in [0, 0.1) is 0 Å². The van der Waals surface area contributed by atoms with Crippen LogP contribution in [-0.2, 0) is 4.74 Å². The summed E-state index contributed by atoms with van der Waals surface area (Å²) >= 11 is 0. The monoisotopic (exact) mass is 237 g/mol. The van der Waals surface area contributed by atoms with Crippen molar-refractivity contribution >= 4 is 5.69 Å². The summed E-state index contributed by atoms with van der Waals surface area (Å²) in [5.74, 6) is 0. The normalized spacial score (nSPS) is 13.6. The van der Waals surface area contributed by atoms with Crippen molar-refractivity contribution in [3.05, 3.63) is 24.0 Å². The van der Waals surface area contributed by atoms with Crippen LogP contribution >= 0.6 is 0 Å². The van der Waals surface area contributed by atoms with Gasteiger partial charge in [0, 0.05) is 30.8 Å². The van der Waals surface area contributed by atoms with Crippen LogP contribution in [0.5, 0.6) is 0 Å². The number of aromatic nitrogens is 1. The molecule has 1 aromatic heterocycles. The highest BCUT2D eigenvalue weighted by atomic mass is 16.5. The molecule has 0 fully saturated rings. The molecule has 0 radical (unpaired) electrons. The fourth-order valence-electron chi connectivity index (χ4n) is 2.43. The lowest BCUT2D eigenvalue weighted by Crippen LogP contribution is -2.44. The second-order valence-corrected chi connectivity index (χ2v) is 4.20. The van der Waals surface area contributed by atoms with Crippen molar-refractivity contribution in [1.29, 1.82) is 0 Å². The Morgan fingerprint density at radius 1 is 1.47 bits per heavy atom. The molecule has 4 heteroatoms. The third-order valence-corrected chi connectivity index (χ3v) is 3.62. The van der Waals surface area contributed by atoms with Gasteiger partial charge in [-0.3, -0.25) is 4.98 Å². The summed E-state index contributed by atoms with van der Waals surface area (Å²) in [7, 11) is 3.68. The van der Waals surface area contributed by atoms with E-state index in [2.05, 4.69) is 24.1 Å². The molecule has 1 rings (SSSR count). The minimum atomic E-state index is -0.244. The van der Waals surface area contributed by atoms with Crippen LogP contribution in [0.2, 0.25) is 0 Å². The number of likely N-dealkylation sites (N-methyl/N-ethyl adjacent to an activating group) is 1. The van der Waals surface area contributed by atoms with E-state index in [-0.39, 0.29) is 11.6 Å². The highest BCUT2D eigenvalue weighted by Gasteiger charge is 2.36. The summed E-state index contributed by atoms with van der Waals surface area (Å²) in [5, 5.41) is 3.31.